The van der Waals surface area contributed by atoms with Crippen molar-refractivity contribution in [2.75, 3.05) is 25.6 Å². The number of amides is 1. The topological polar surface area (TPSA) is 93.6 Å². The van der Waals surface area contributed by atoms with Crippen LogP contribution in [0.3, 0.4) is 0 Å². The van der Waals surface area contributed by atoms with Gasteiger partial charge in [-0.05, 0) is 31.5 Å². The molecule has 0 aliphatic carbocycles. The number of aryl methyl sites for hydroxylation is 2. The van der Waals surface area contributed by atoms with Crippen LogP contribution in [0.4, 0.5) is 5.69 Å². The zero-order valence-electron chi connectivity index (χ0n) is 19.0. The minimum Gasteiger partial charge on any atom is -0.466 e. The maximum absolute atomic E-state index is 13.3. The van der Waals surface area contributed by atoms with Crippen molar-refractivity contribution < 1.29 is 19.1 Å². The highest BCUT2D eigenvalue weighted by Gasteiger charge is 2.52. The van der Waals surface area contributed by atoms with Crippen molar-refractivity contribution in [2.24, 2.45) is 0 Å². The third-order valence-electron chi connectivity index (χ3n) is 5.81. The second kappa shape index (κ2) is 8.99. The van der Waals surface area contributed by atoms with Crippen LogP contribution in [-0.4, -0.2) is 48.7 Å². The van der Waals surface area contributed by atoms with Crippen LogP contribution < -0.4 is 15.0 Å². The average molecular weight is 447 g/mol. The van der Waals surface area contributed by atoms with Gasteiger partial charge in [-0.25, -0.2) is 14.8 Å². The van der Waals surface area contributed by atoms with E-state index < -0.39 is 17.6 Å². The van der Waals surface area contributed by atoms with Gasteiger partial charge in [-0.1, -0.05) is 48.5 Å². The largest absolute Gasteiger partial charge is 0.466 e. The van der Waals surface area contributed by atoms with Crippen molar-refractivity contribution in [1.29, 1.82) is 0 Å². The number of hydrogen-bond acceptors (Lipinski definition) is 7. The molecule has 4 rings (SSSR count). The number of aromatic nitrogens is 2. The molecule has 0 saturated carbocycles. The number of carbonyl (C=O) groups excluding carboxylic acids is 2. The second-order valence-electron chi connectivity index (χ2n) is 7.95. The third kappa shape index (κ3) is 4.05. The van der Waals surface area contributed by atoms with E-state index in [1.807, 2.05) is 74.5 Å². The fourth-order valence-corrected chi connectivity index (χ4v) is 4.28. The van der Waals surface area contributed by atoms with Crippen LogP contribution in [0.25, 0.3) is 0 Å². The number of nitrogens with one attached hydrogen (secondary N) is 1. The standard InChI is InChI=1S/C25H26N4O4/c1-16-14-17(2)28-24(27-16)33-22(23(31)32-4)25(18-10-6-5-7-11-18)19-12-8-9-13-20(19)29(3)21(30)15-26-25/h5-14,22,26H,15H2,1-4H3/t22-,25-/m0/s1. The molecule has 2 atom stereocenters. The fourth-order valence-electron chi connectivity index (χ4n) is 4.28. The van der Waals surface area contributed by atoms with E-state index in [1.54, 1.807) is 11.9 Å². The number of likely N-dealkylation sites (N-methyl/N-ethyl adjacent to an activating group) is 1. The zero-order valence-corrected chi connectivity index (χ0v) is 19.0. The predicted octanol–water partition coefficient (Wildman–Crippen LogP) is 2.52. The molecule has 1 aliphatic heterocycles. The van der Waals surface area contributed by atoms with Crippen LogP contribution in [0.2, 0.25) is 0 Å². The first-order valence-electron chi connectivity index (χ1n) is 10.6. The summed E-state index contributed by atoms with van der Waals surface area (Å²) in [6.45, 7) is 3.63. The Bertz CT molecular complexity index is 1160. The highest BCUT2D eigenvalue weighted by Crippen LogP contribution is 2.41. The van der Waals surface area contributed by atoms with Gasteiger partial charge < -0.3 is 14.4 Å². The molecule has 1 amide bonds. The van der Waals surface area contributed by atoms with Gasteiger partial charge in [-0.2, -0.15) is 0 Å². The third-order valence-corrected chi connectivity index (χ3v) is 5.81. The number of fused-ring (bicyclic) bond motifs is 1. The van der Waals surface area contributed by atoms with Gasteiger partial charge in [0.1, 0.15) is 5.54 Å². The smallest absolute Gasteiger partial charge is 0.349 e. The number of para-hydroxylation sites is 1. The number of esters is 1. The second-order valence-corrected chi connectivity index (χ2v) is 7.95. The Hall–Kier alpha value is -3.78. The molecule has 0 saturated heterocycles. The average Bonchev–Trinajstić information content (AvgIpc) is 2.93. The van der Waals surface area contributed by atoms with Crippen LogP contribution in [0.5, 0.6) is 6.01 Å². The van der Waals surface area contributed by atoms with Crippen LogP contribution in [0, 0.1) is 13.8 Å². The Balaban J connectivity index is 2.00. The Labute approximate surface area is 192 Å². The molecule has 2 heterocycles. The van der Waals surface area contributed by atoms with Gasteiger partial charge in [-0.3, -0.25) is 10.1 Å². The molecular weight excluding hydrogens is 420 g/mol. The molecule has 0 radical (unpaired) electrons. The summed E-state index contributed by atoms with van der Waals surface area (Å²) in [5, 5.41) is 3.34. The predicted molar refractivity (Wildman–Crippen MR) is 123 cm³/mol. The van der Waals surface area contributed by atoms with E-state index in [4.69, 9.17) is 9.47 Å². The molecule has 0 spiro atoms. The van der Waals surface area contributed by atoms with E-state index in [2.05, 4.69) is 15.3 Å². The summed E-state index contributed by atoms with van der Waals surface area (Å²) in [5.41, 5.74) is 2.25. The number of hydrogen-bond donors (Lipinski definition) is 1. The maximum atomic E-state index is 13.3. The van der Waals surface area contributed by atoms with Crippen LogP contribution in [0.15, 0.2) is 60.7 Å². The Morgan fingerprint density at radius 3 is 2.36 bits per heavy atom. The first-order valence-corrected chi connectivity index (χ1v) is 10.6. The summed E-state index contributed by atoms with van der Waals surface area (Å²) in [7, 11) is 3.02. The van der Waals surface area contributed by atoms with Crippen molar-refractivity contribution in [2.45, 2.75) is 25.5 Å². The summed E-state index contributed by atoms with van der Waals surface area (Å²) in [6, 6.07) is 18.7. The molecule has 1 aliphatic rings. The lowest BCUT2D eigenvalue weighted by molar-refractivity contribution is -0.153. The molecule has 33 heavy (non-hydrogen) atoms. The van der Waals surface area contributed by atoms with E-state index in [1.165, 1.54) is 7.11 Å². The maximum Gasteiger partial charge on any atom is 0.349 e. The molecule has 1 N–H and O–H groups in total. The number of ether oxygens (including phenoxy) is 2. The minimum absolute atomic E-state index is 0.0232. The van der Waals surface area contributed by atoms with Crippen LogP contribution in [-0.2, 0) is 19.9 Å². The molecule has 170 valence electrons. The van der Waals surface area contributed by atoms with Crippen molar-refractivity contribution in [3.05, 3.63) is 83.2 Å². The van der Waals surface area contributed by atoms with Gasteiger partial charge in [0.25, 0.3) is 0 Å². The Morgan fingerprint density at radius 1 is 1.06 bits per heavy atom. The number of anilines is 1. The van der Waals surface area contributed by atoms with Gasteiger partial charge in [0, 0.05) is 29.7 Å². The van der Waals surface area contributed by atoms with E-state index in [0.29, 0.717) is 22.6 Å². The summed E-state index contributed by atoms with van der Waals surface area (Å²) in [6.07, 6.45) is -1.23. The molecule has 0 bridgehead atoms. The van der Waals surface area contributed by atoms with Gasteiger partial charge in [0.15, 0.2) is 0 Å². The number of methoxy groups -OCH3 is 1. The van der Waals surface area contributed by atoms with Crippen LogP contribution in [0.1, 0.15) is 22.5 Å². The first-order chi connectivity index (χ1) is 15.9. The number of nitrogens with zero attached hydrogens (tertiary/aromatic N) is 3. The SMILES string of the molecule is COC(=O)[C@H](Oc1nc(C)cc(C)n1)[C@@]1(c2ccccc2)NCC(=O)N(C)c2ccccc21. The number of benzene rings is 2. The molecule has 8 nitrogen and oxygen atoms in total. The lowest BCUT2D eigenvalue weighted by atomic mass is 9.77. The summed E-state index contributed by atoms with van der Waals surface area (Å²) < 4.78 is 11.4. The molecule has 2 aromatic carbocycles. The van der Waals surface area contributed by atoms with E-state index in [-0.39, 0.29) is 18.5 Å². The first kappa shape index (κ1) is 22.4. The normalized spacial score (nSPS) is 18.8. The Morgan fingerprint density at radius 2 is 1.70 bits per heavy atom. The van der Waals surface area contributed by atoms with Crippen molar-refractivity contribution in [3.63, 3.8) is 0 Å². The van der Waals surface area contributed by atoms with Crippen molar-refractivity contribution >= 4 is 17.6 Å². The van der Waals surface area contributed by atoms with Crippen LogP contribution >= 0.6 is 0 Å². The van der Waals surface area contributed by atoms with E-state index >= 15 is 0 Å². The van der Waals surface area contributed by atoms with E-state index in [0.717, 1.165) is 5.56 Å². The molecule has 1 aromatic heterocycles. The molecule has 3 aromatic rings. The lowest BCUT2D eigenvalue weighted by Gasteiger charge is -2.40. The molecule has 0 fully saturated rings. The number of rotatable bonds is 5. The highest BCUT2D eigenvalue weighted by molar-refractivity contribution is 5.97. The monoisotopic (exact) mass is 446 g/mol. The molecule has 0 unspecified atom stereocenters. The van der Waals surface area contributed by atoms with E-state index in [9.17, 15) is 9.59 Å². The number of carbonyl (C=O) groups is 2. The molecule has 8 heteroatoms. The van der Waals surface area contributed by atoms with Crippen molar-refractivity contribution in [3.8, 4) is 6.01 Å². The summed E-state index contributed by atoms with van der Waals surface area (Å²) in [4.78, 5) is 36.5. The molecular formula is C25H26N4O4. The Kier molecular flexibility index (Phi) is 6.11. The quantitative estimate of drug-likeness (QED) is 0.602. The minimum atomic E-state index is -1.26. The fraction of sp³-hybridized carbons (Fsp3) is 0.280. The van der Waals surface area contributed by atoms with Gasteiger partial charge in [-0.15, -0.1) is 0 Å². The zero-order chi connectivity index (χ0) is 23.6. The summed E-state index contributed by atoms with van der Waals surface area (Å²) in [5.74, 6) is -0.771. The highest BCUT2D eigenvalue weighted by atomic mass is 16.6. The summed E-state index contributed by atoms with van der Waals surface area (Å²) >= 11 is 0. The van der Waals surface area contributed by atoms with Gasteiger partial charge in [0.05, 0.1) is 13.7 Å². The lowest BCUT2D eigenvalue weighted by Crippen LogP contribution is -2.59. The van der Waals surface area contributed by atoms with Gasteiger partial charge in [0.2, 0.25) is 12.0 Å². The van der Waals surface area contributed by atoms with Gasteiger partial charge >= 0.3 is 12.0 Å². The van der Waals surface area contributed by atoms with Crippen molar-refractivity contribution in [1.82, 2.24) is 15.3 Å².